The zero-order chi connectivity index (χ0) is 14.7. The van der Waals surface area contributed by atoms with Gasteiger partial charge in [-0.1, -0.05) is 54.1 Å². The van der Waals surface area contributed by atoms with Gasteiger partial charge in [-0.3, -0.25) is 4.90 Å². The Labute approximate surface area is 131 Å². The van der Waals surface area contributed by atoms with Crippen LogP contribution in [0.1, 0.15) is 30.0 Å². The third kappa shape index (κ3) is 3.65. The van der Waals surface area contributed by atoms with Gasteiger partial charge in [0.15, 0.2) is 0 Å². The second kappa shape index (κ2) is 6.61. The summed E-state index contributed by atoms with van der Waals surface area (Å²) >= 11 is 6.15. The number of rotatable bonds is 6. The number of halogens is 1. The van der Waals surface area contributed by atoms with Crippen LogP contribution in [0.3, 0.4) is 0 Å². The highest BCUT2D eigenvalue weighted by Crippen LogP contribution is 2.35. The summed E-state index contributed by atoms with van der Waals surface area (Å²) in [6, 6.07) is 19.6. The van der Waals surface area contributed by atoms with Gasteiger partial charge in [0, 0.05) is 30.2 Å². The Hall–Kier alpha value is -1.35. The van der Waals surface area contributed by atoms with Crippen molar-refractivity contribution in [3.05, 3.63) is 70.7 Å². The summed E-state index contributed by atoms with van der Waals surface area (Å²) in [6.45, 7) is 1.56. The number of nitrogens with zero attached hydrogens (tertiary/aromatic N) is 1. The summed E-state index contributed by atoms with van der Waals surface area (Å²) in [4.78, 5) is 2.53. The molecule has 1 aliphatic rings. The van der Waals surface area contributed by atoms with E-state index >= 15 is 0 Å². The maximum absolute atomic E-state index is 6.15. The predicted molar refractivity (Wildman–Crippen MR) is 88.3 cm³/mol. The zero-order valence-electron chi connectivity index (χ0n) is 12.1. The normalized spacial score (nSPS) is 16.1. The van der Waals surface area contributed by atoms with Gasteiger partial charge in [-0.25, -0.2) is 0 Å². The molecule has 0 spiro atoms. The van der Waals surface area contributed by atoms with Crippen LogP contribution in [0.4, 0.5) is 0 Å². The Balaban J connectivity index is 1.84. The molecule has 2 N–H and O–H groups in total. The molecule has 0 aliphatic heterocycles. The van der Waals surface area contributed by atoms with Crippen LogP contribution < -0.4 is 5.73 Å². The Morgan fingerprint density at radius 3 is 2.48 bits per heavy atom. The third-order valence-electron chi connectivity index (χ3n) is 4.08. The van der Waals surface area contributed by atoms with Crippen molar-refractivity contribution in [2.24, 2.45) is 5.73 Å². The summed E-state index contributed by atoms with van der Waals surface area (Å²) in [5.41, 5.74) is 8.64. The molecule has 1 unspecified atom stereocenters. The average molecular weight is 301 g/mol. The molecular weight excluding hydrogens is 280 g/mol. The third-order valence-corrected chi connectivity index (χ3v) is 4.32. The standard InChI is InChI=1S/C18H21ClN2/c19-16-8-4-7-15(11-16)18(12-20)21(17-9-10-17)13-14-5-2-1-3-6-14/h1-8,11,17-18H,9-10,12-13,20H2. The van der Waals surface area contributed by atoms with Crippen molar-refractivity contribution < 1.29 is 0 Å². The monoisotopic (exact) mass is 300 g/mol. The lowest BCUT2D eigenvalue weighted by Gasteiger charge is -2.31. The minimum absolute atomic E-state index is 0.233. The summed E-state index contributed by atoms with van der Waals surface area (Å²) in [6.07, 6.45) is 2.54. The van der Waals surface area contributed by atoms with Gasteiger partial charge in [0.05, 0.1) is 0 Å². The minimum Gasteiger partial charge on any atom is -0.329 e. The van der Waals surface area contributed by atoms with E-state index in [4.69, 9.17) is 17.3 Å². The van der Waals surface area contributed by atoms with Crippen LogP contribution in [0.25, 0.3) is 0 Å². The highest BCUT2D eigenvalue weighted by molar-refractivity contribution is 6.30. The lowest BCUT2D eigenvalue weighted by atomic mass is 10.0. The fourth-order valence-corrected chi connectivity index (χ4v) is 3.07. The highest BCUT2D eigenvalue weighted by Gasteiger charge is 2.34. The molecule has 1 atom stereocenters. The van der Waals surface area contributed by atoms with Gasteiger partial charge < -0.3 is 5.73 Å². The molecule has 1 saturated carbocycles. The SMILES string of the molecule is NCC(c1cccc(Cl)c1)N(Cc1ccccc1)C1CC1. The van der Waals surface area contributed by atoms with Crippen LogP contribution in [0.2, 0.25) is 5.02 Å². The van der Waals surface area contributed by atoms with Gasteiger partial charge >= 0.3 is 0 Å². The largest absolute Gasteiger partial charge is 0.329 e. The molecule has 0 amide bonds. The van der Waals surface area contributed by atoms with Crippen LogP contribution in [-0.4, -0.2) is 17.5 Å². The molecule has 2 aromatic carbocycles. The van der Waals surface area contributed by atoms with E-state index in [0.29, 0.717) is 12.6 Å². The Morgan fingerprint density at radius 1 is 1.10 bits per heavy atom. The van der Waals surface area contributed by atoms with Crippen LogP contribution >= 0.6 is 11.6 Å². The van der Waals surface area contributed by atoms with E-state index in [9.17, 15) is 0 Å². The van der Waals surface area contributed by atoms with E-state index in [2.05, 4.69) is 41.3 Å². The van der Waals surface area contributed by atoms with Gasteiger partial charge in [0.1, 0.15) is 0 Å². The van der Waals surface area contributed by atoms with Gasteiger partial charge in [-0.15, -0.1) is 0 Å². The van der Waals surface area contributed by atoms with E-state index in [1.807, 2.05) is 18.2 Å². The molecule has 1 fully saturated rings. The minimum atomic E-state index is 0.233. The molecule has 21 heavy (non-hydrogen) atoms. The summed E-state index contributed by atoms with van der Waals surface area (Å²) in [5.74, 6) is 0. The first kappa shape index (κ1) is 14.6. The van der Waals surface area contributed by atoms with Crippen molar-refractivity contribution in [2.45, 2.75) is 31.5 Å². The highest BCUT2D eigenvalue weighted by atomic mass is 35.5. The molecule has 0 aromatic heterocycles. The van der Waals surface area contributed by atoms with E-state index in [1.165, 1.54) is 24.0 Å². The first-order valence-electron chi connectivity index (χ1n) is 7.53. The van der Waals surface area contributed by atoms with Crippen LogP contribution in [0.5, 0.6) is 0 Å². The topological polar surface area (TPSA) is 29.3 Å². The number of nitrogens with two attached hydrogens (primary N) is 1. The molecule has 3 rings (SSSR count). The van der Waals surface area contributed by atoms with Crippen molar-refractivity contribution in [3.63, 3.8) is 0 Å². The lowest BCUT2D eigenvalue weighted by molar-refractivity contribution is 0.182. The Bertz CT molecular complexity index is 581. The van der Waals surface area contributed by atoms with E-state index < -0.39 is 0 Å². The molecular formula is C18H21ClN2. The maximum atomic E-state index is 6.15. The molecule has 2 aromatic rings. The van der Waals surface area contributed by atoms with Crippen molar-refractivity contribution in [1.82, 2.24) is 4.90 Å². The molecule has 110 valence electrons. The summed E-state index contributed by atoms with van der Waals surface area (Å²) in [7, 11) is 0. The molecule has 0 radical (unpaired) electrons. The second-order valence-corrected chi connectivity index (χ2v) is 6.13. The van der Waals surface area contributed by atoms with Gasteiger partial charge in [0.2, 0.25) is 0 Å². The van der Waals surface area contributed by atoms with Crippen molar-refractivity contribution in [3.8, 4) is 0 Å². The summed E-state index contributed by atoms with van der Waals surface area (Å²) < 4.78 is 0. The number of hydrogen-bond donors (Lipinski definition) is 1. The second-order valence-electron chi connectivity index (χ2n) is 5.70. The molecule has 0 saturated heterocycles. The van der Waals surface area contributed by atoms with Crippen LogP contribution in [-0.2, 0) is 6.54 Å². The molecule has 0 heterocycles. The summed E-state index contributed by atoms with van der Waals surface area (Å²) in [5, 5.41) is 0.779. The van der Waals surface area contributed by atoms with Gasteiger partial charge in [0.25, 0.3) is 0 Å². The fourth-order valence-electron chi connectivity index (χ4n) is 2.87. The van der Waals surface area contributed by atoms with E-state index in [-0.39, 0.29) is 6.04 Å². The van der Waals surface area contributed by atoms with Crippen LogP contribution in [0, 0.1) is 0 Å². The maximum Gasteiger partial charge on any atom is 0.0477 e. The van der Waals surface area contributed by atoms with Crippen molar-refractivity contribution in [2.75, 3.05) is 6.54 Å². The van der Waals surface area contributed by atoms with Gasteiger partial charge in [-0.2, -0.15) is 0 Å². The molecule has 3 heteroatoms. The quantitative estimate of drug-likeness (QED) is 0.873. The average Bonchev–Trinajstić information content (AvgIpc) is 3.33. The van der Waals surface area contributed by atoms with Crippen LogP contribution in [0.15, 0.2) is 54.6 Å². The smallest absolute Gasteiger partial charge is 0.0477 e. The first-order chi connectivity index (χ1) is 10.3. The molecule has 0 bridgehead atoms. The van der Waals surface area contributed by atoms with E-state index in [0.717, 1.165) is 11.6 Å². The molecule has 1 aliphatic carbocycles. The Kier molecular flexibility index (Phi) is 4.59. The number of hydrogen-bond acceptors (Lipinski definition) is 2. The Morgan fingerprint density at radius 2 is 1.86 bits per heavy atom. The number of benzene rings is 2. The van der Waals surface area contributed by atoms with Crippen molar-refractivity contribution in [1.29, 1.82) is 0 Å². The zero-order valence-corrected chi connectivity index (χ0v) is 12.8. The van der Waals surface area contributed by atoms with Gasteiger partial charge in [-0.05, 0) is 36.1 Å². The first-order valence-corrected chi connectivity index (χ1v) is 7.91. The lowest BCUT2D eigenvalue weighted by Crippen LogP contribution is -2.35. The predicted octanol–water partition coefficient (Wildman–Crippen LogP) is 4.00. The molecule has 2 nitrogen and oxygen atoms in total. The van der Waals surface area contributed by atoms with E-state index in [1.54, 1.807) is 0 Å². The van der Waals surface area contributed by atoms with Crippen molar-refractivity contribution >= 4 is 11.6 Å². The fraction of sp³-hybridized carbons (Fsp3) is 0.333.